The molecule has 0 aliphatic heterocycles. The molecule has 0 spiro atoms. The standard InChI is InChI=1S/C46H26N2O2/c1-3-12-27(13-4-1)29-16-9-17-30(24-29)43-45-44(33-18-7-8-22-37(33)50-45)48-46(47-43)35-21-10-19-32-36-25-31(28-14-5-2-6-15-28)26-39-42(36)41-34(40(32)35)20-11-23-38(41)49-39/h1-26H. The van der Waals surface area contributed by atoms with Crippen molar-refractivity contribution in [2.24, 2.45) is 0 Å². The molecule has 11 rings (SSSR count). The molecule has 0 saturated heterocycles. The molecule has 0 unspecified atom stereocenters. The first-order valence-corrected chi connectivity index (χ1v) is 16.8. The second kappa shape index (κ2) is 10.4. The number of rotatable bonds is 4. The van der Waals surface area contributed by atoms with Gasteiger partial charge in [-0.3, -0.25) is 0 Å². The SMILES string of the molecule is c1ccc(-c2cccc(-c3nc(-c4cccc5c6cc(-c7ccccc7)cc7oc8cccc(c45)c8c76)nc4c3oc3ccccc34)c2)cc1. The number of nitrogens with zero attached hydrogens (tertiary/aromatic N) is 2. The summed E-state index contributed by atoms with van der Waals surface area (Å²) < 4.78 is 13.1. The van der Waals surface area contributed by atoms with Crippen LogP contribution in [0.3, 0.4) is 0 Å². The molecule has 0 atom stereocenters. The average Bonchev–Trinajstić information content (AvgIpc) is 3.76. The Morgan fingerprint density at radius 1 is 0.360 bits per heavy atom. The van der Waals surface area contributed by atoms with Crippen molar-refractivity contribution in [2.45, 2.75) is 0 Å². The summed E-state index contributed by atoms with van der Waals surface area (Å²) in [5.41, 5.74) is 11.3. The fourth-order valence-corrected chi connectivity index (χ4v) is 7.80. The van der Waals surface area contributed by atoms with Gasteiger partial charge >= 0.3 is 0 Å². The minimum absolute atomic E-state index is 0.653. The van der Waals surface area contributed by atoms with Gasteiger partial charge in [0.2, 0.25) is 0 Å². The highest BCUT2D eigenvalue weighted by atomic mass is 16.3. The largest absolute Gasteiger partial charge is 0.456 e. The zero-order valence-electron chi connectivity index (χ0n) is 26.7. The van der Waals surface area contributed by atoms with Crippen LogP contribution in [0, 0.1) is 0 Å². The second-order valence-corrected chi connectivity index (χ2v) is 12.9. The van der Waals surface area contributed by atoms with Crippen LogP contribution < -0.4 is 0 Å². The molecule has 11 aromatic rings. The van der Waals surface area contributed by atoms with Crippen LogP contribution >= 0.6 is 0 Å². The quantitative estimate of drug-likeness (QED) is 0.180. The Labute approximate surface area is 286 Å². The molecule has 8 aromatic carbocycles. The summed E-state index contributed by atoms with van der Waals surface area (Å²) in [6, 6.07) is 54.9. The van der Waals surface area contributed by atoms with Gasteiger partial charge in [0.05, 0.1) is 0 Å². The average molecular weight is 639 g/mol. The number of hydrogen-bond donors (Lipinski definition) is 0. The van der Waals surface area contributed by atoms with E-state index in [-0.39, 0.29) is 0 Å². The van der Waals surface area contributed by atoms with Gasteiger partial charge in [0, 0.05) is 32.7 Å². The lowest BCUT2D eigenvalue weighted by Gasteiger charge is -2.14. The van der Waals surface area contributed by atoms with Crippen LogP contribution in [0.25, 0.3) is 110 Å². The first-order valence-electron chi connectivity index (χ1n) is 16.8. The number of benzene rings is 8. The number of para-hydroxylation sites is 1. The van der Waals surface area contributed by atoms with E-state index in [1.54, 1.807) is 0 Å². The minimum atomic E-state index is 0.653. The van der Waals surface area contributed by atoms with Crippen molar-refractivity contribution < 1.29 is 8.83 Å². The van der Waals surface area contributed by atoms with Crippen LogP contribution in [0.2, 0.25) is 0 Å². The molecule has 0 aliphatic carbocycles. The minimum Gasteiger partial charge on any atom is -0.456 e. The molecular formula is C46H26N2O2. The van der Waals surface area contributed by atoms with E-state index < -0.39 is 0 Å². The summed E-state index contributed by atoms with van der Waals surface area (Å²) in [5, 5.41) is 7.77. The highest BCUT2D eigenvalue weighted by molar-refractivity contribution is 6.35. The van der Waals surface area contributed by atoms with Gasteiger partial charge in [-0.05, 0) is 74.8 Å². The molecule has 0 amide bonds. The van der Waals surface area contributed by atoms with Gasteiger partial charge in [-0.2, -0.15) is 0 Å². The first-order chi connectivity index (χ1) is 24.8. The van der Waals surface area contributed by atoms with Crippen LogP contribution in [0.5, 0.6) is 0 Å². The molecule has 0 N–H and O–H groups in total. The van der Waals surface area contributed by atoms with Crippen LogP contribution in [0.4, 0.5) is 0 Å². The van der Waals surface area contributed by atoms with E-state index >= 15 is 0 Å². The first kappa shape index (κ1) is 27.2. The Hall–Kier alpha value is -6.78. The predicted octanol–water partition coefficient (Wildman–Crippen LogP) is 12.7. The van der Waals surface area contributed by atoms with Gasteiger partial charge in [0.15, 0.2) is 11.4 Å². The number of fused-ring (bicyclic) bond motifs is 6. The number of furan rings is 2. The third kappa shape index (κ3) is 3.93. The van der Waals surface area contributed by atoms with Gasteiger partial charge in [0.25, 0.3) is 0 Å². The van der Waals surface area contributed by atoms with Crippen molar-refractivity contribution in [1.82, 2.24) is 9.97 Å². The van der Waals surface area contributed by atoms with Gasteiger partial charge < -0.3 is 8.83 Å². The van der Waals surface area contributed by atoms with Crippen LogP contribution in [0.1, 0.15) is 0 Å². The van der Waals surface area contributed by atoms with Crippen molar-refractivity contribution >= 4 is 65.6 Å². The Balaban J connectivity index is 1.24. The lowest BCUT2D eigenvalue weighted by Crippen LogP contribution is -1.96. The summed E-state index contributed by atoms with van der Waals surface area (Å²) in [7, 11) is 0. The molecule has 4 nitrogen and oxygen atoms in total. The Bertz CT molecular complexity index is 3080. The molecule has 3 heterocycles. The van der Waals surface area contributed by atoms with E-state index in [1.807, 2.05) is 30.3 Å². The van der Waals surface area contributed by atoms with Crippen molar-refractivity contribution in [3.05, 3.63) is 158 Å². The molecule has 4 heteroatoms. The zero-order chi connectivity index (χ0) is 32.8. The smallest absolute Gasteiger partial charge is 0.180 e. The fraction of sp³-hybridized carbons (Fsp3) is 0. The van der Waals surface area contributed by atoms with Gasteiger partial charge in [0.1, 0.15) is 28.0 Å². The third-order valence-electron chi connectivity index (χ3n) is 10.0. The highest BCUT2D eigenvalue weighted by Crippen LogP contribution is 2.47. The second-order valence-electron chi connectivity index (χ2n) is 12.9. The molecule has 232 valence electrons. The van der Waals surface area contributed by atoms with E-state index in [1.165, 1.54) is 0 Å². The molecule has 0 aliphatic rings. The molecule has 0 fully saturated rings. The monoisotopic (exact) mass is 638 g/mol. The Kier molecular flexibility index (Phi) is 5.63. The summed E-state index contributed by atoms with van der Waals surface area (Å²) in [6.07, 6.45) is 0. The van der Waals surface area contributed by atoms with E-state index in [9.17, 15) is 0 Å². The molecule has 0 saturated carbocycles. The van der Waals surface area contributed by atoms with Gasteiger partial charge in [-0.1, -0.05) is 121 Å². The van der Waals surface area contributed by atoms with Gasteiger partial charge in [-0.15, -0.1) is 0 Å². The lowest BCUT2D eigenvalue weighted by molar-refractivity contribution is 0.667. The normalized spacial score (nSPS) is 12.0. The lowest BCUT2D eigenvalue weighted by atomic mass is 9.90. The molecule has 0 radical (unpaired) electrons. The van der Waals surface area contributed by atoms with Gasteiger partial charge in [-0.25, -0.2) is 9.97 Å². The summed E-state index contributed by atoms with van der Waals surface area (Å²) in [6.45, 7) is 0. The highest BCUT2D eigenvalue weighted by Gasteiger charge is 2.23. The predicted molar refractivity (Wildman–Crippen MR) is 205 cm³/mol. The summed E-state index contributed by atoms with van der Waals surface area (Å²) in [5.74, 6) is 0.653. The maximum atomic E-state index is 6.57. The van der Waals surface area contributed by atoms with E-state index in [0.29, 0.717) is 11.4 Å². The van der Waals surface area contributed by atoms with Crippen molar-refractivity contribution in [3.63, 3.8) is 0 Å². The molecular weight excluding hydrogens is 613 g/mol. The summed E-state index contributed by atoms with van der Waals surface area (Å²) in [4.78, 5) is 10.7. The maximum absolute atomic E-state index is 6.57. The maximum Gasteiger partial charge on any atom is 0.180 e. The van der Waals surface area contributed by atoms with Crippen molar-refractivity contribution in [2.75, 3.05) is 0 Å². The van der Waals surface area contributed by atoms with Crippen molar-refractivity contribution in [1.29, 1.82) is 0 Å². The third-order valence-corrected chi connectivity index (χ3v) is 10.0. The van der Waals surface area contributed by atoms with Crippen LogP contribution in [0.15, 0.2) is 167 Å². The Morgan fingerprint density at radius 3 is 1.86 bits per heavy atom. The number of hydrogen-bond acceptors (Lipinski definition) is 4. The molecule has 50 heavy (non-hydrogen) atoms. The van der Waals surface area contributed by atoms with E-state index in [4.69, 9.17) is 18.8 Å². The topological polar surface area (TPSA) is 52.1 Å². The Morgan fingerprint density at radius 2 is 1.00 bits per heavy atom. The molecule has 3 aromatic heterocycles. The van der Waals surface area contributed by atoms with E-state index in [0.717, 1.165) is 99.0 Å². The fourth-order valence-electron chi connectivity index (χ4n) is 7.80. The molecule has 0 bridgehead atoms. The zero-order valence-corrected chi connectivity index (χ0v) is 26.7. The van der Waals surface area contributed by atoms with Crippen LogP contribution in [-0.2, 0) is 0 Å². The summed E-state index contributed by atoms with van der Waals surface area (Å²) >= 11 is 0. The number of aromatic nitrogens is 2. The van der Waals surface area contributed by atoms with Crippen molar-refractivity contribution in [3.8, 4) is 44.9 Å². The van der Waals surface area contributed by atoms with E-state index in [2.05, 4.69) is 127 Å². The van der Waals surface area contributed by atoms with Crippen LogP contribution in [-0.4, -0.2) is 9.97 Å².